The zero-order valence-corrected chi connectivity index (χ0v) is 11.7. The molecule has 102 valence electrons. The molecule has 1 atom stereocenters. The van der Waals surface area contributed by atoms with Gasteiger partial charge in [0.1, 0.15) is 18.0 Å². The Balaban J connectivity index is 2.82. The molecule has 0 amide bonds. The quantitative estimate of drug-likeness (QED) is 0.692. The van der Waals surface area contributed by atoms with Gasteiger partial charge in [0.05, 0.1) is 12.6 Å². The van der Waals surface area contributed by atoms with Crippen molar-refractivity contribution >= 4 is 11.6 Å². The van der Waals surface area contributed by atoms with Crippen LogP contribution in [0, 0.1) is 12.8 Å². The predicted octanol–water partition coefficient (Wildman–Crippen LogP) is 2.04. The summed E-state index contributed by atoms with van der Waals surface area (Å²) >= 11 is 0. The van der Waals surface area contributed by atoms with Crippen LogP contribution in [0.4, 0.5) is 11.6 Å². The Morgan fingerprint density at radius 2 is 1.94 bits per heavy atom. The van der Waals surface area contributed by atoms with E-state index < -0.39 is 0 Å². The summed E-state index contributed by atoms with van der Waals surface area (Å²) in [6.07, 6.45) is 2.60. The highest BCUT2D eigenvalue weighted by molar-refractivity contribution is 5.56. The molecule has 0 aromatic carbocycles. The van der Waals surface area contributed by atoms with Crippen LogP contribution in [0.25, 0.3) is 0 Å². The minimum atomic E-state index is 0.0117. The zero-order chi connectivity index (χ0) is 13.5. The Bertz CT molecular complexity index is 368. The van der Waals surface area contributed by atoms with Gasteiger partial charge in [-0.2, -0.15) is 0 Å². The van der Waals surface area contributed by atoms with Crippen LogP contribution < -0.4 is 10.6 Å². The Kier molecular flexibility index (Phi) is 5.85. The molecule has 0 aliphatic heterocycles. The van der Waals surface area contributed by atoms with Gasteiger partial charge in [-0.25, -0.2) is 9.97 Å². The number of aliphatic hydroxyl groups excluding tert-OH is 1. The van der Waals surface area contributed by atoms with Crippen molar-refractivity contribution in [2.75, 3.05) is 23.8 Å². The summed E-state index contributed by atoms with van der Waals surface area (Å²) in [6.45, 7) is 9.23. The van der Waals surface area contributed by atoms with Gasteiger partial charge in [0.2, 0.25) is 0 Å². The summed E-state index contributed by atoms with van der Waals surface area (Å²) in [4.78, 5) is 8.47. The van der Waals surface area contributed by atoms with E-state index in [0.717, 1.165) is 30.2 Å². The number of aromatic nitrogens is 2. The van der Waals surface area contributed by atoms with E-state index in [2.05, 4.69) is 41.4 Å². The first-order valence-electron chi connectivity index (χ1n) is 6.53. The molecular formula is C13H24N4O. The lowest BCUT2D eigenvalue weighted by Crippen LogP contribution is -2.30. The van der Waals surface area contributed by atoms with E-state index >= 15 is 0 Å². The Morgan fingerprint density at radius 3 is 2.50 bits per heavy atom. The van der Waals surface area contributed by atoms with Crippen molar-refractivity contribution < 1.29 is 5.11 Å². The van der Waals surface area contributed by atoms with E-state index in [-0.39, 0.29) is 12.6 Å². The highest BCUT2D eigenvalue weighted by Gasteiger charge is 2.15. The standard InChI is InChI=1S/C13H24N4O/c1-5-6-14-12-10(4)13(16-8-15-12)17-11(7-18)9(2)3/h8-9,11,18H,5-7H2,1-4H3,(H2,14,15,16,17). The number of nitrogens with zero attached hydrogens (tertiary/aromatic N) is 2. The molecule has 1 heterocycles. The van der Waals surface area contributed by atoms with Crippen molar-refractivity contribution in [2.24, 2.45) is 5.92 Å². The lowest BCUT2D eigenvalue weighted by Gasteiger charge is -2.22. The van der Waals surface area contributed by atoms with Crippen molar-refractivity contribution in [1.29, 1.82) is 0 Å². The maximum atomic E-state index is 9.34. The molecular weight excluding hydrogens is 228 g/mol. The monoisotopic (exact) mass is 252 g/mol. The lowest BCUT2D eigenvalue weighted by atomic mass is 10.1. The molecule has 5 nitrogen and oxygen atoms in total. The highest BCUT2D eigenvalue weighted by atomic mass is 16.3. The van der Waals surface area contributed by atoms with Gasteiger partial charge in [0.25, 0.3) is 0 Å². The van der Waals surface area contributed by atoms with E-state index in [1.54, 1.807) is 6.33 Å². The third-order valence-corrected chi connectivity index (χ3v) is 2.95. The second-order valence-corrected chi connectivity index (χ2v) is 4.80. The molecule has 18 heavy (non-hydrogen) atoms. The molecule has 0 radical (unpaired) electrons. The molecule has 1 aromatic rings. The van der Waals surface area contributed by atoms with E-state index in [1.807, 2.05) is 6.92 Å². The molecule has 5 heteroatoms. The summed E-state index contributed by atoms with van der Waals surface area (Å²) < 4.78 is 0. The van der Waals surface area contributed by atoms with Gasteiger partial charge in [-0.05, 0) is 19.3 Å². The fourth-order valence-electron chi connectivity index (χ4n) is 1.62. The van der Waals surface area contributed by atoms with E-state index in [1.165, 1.54) is 0 Å². The topological polar surface area (TPSA) is 70.1 Å². The second-order valence-electron chi connectivity index (χ2n) is 4.80. The van der Waals surface area contributed by atoms with Crippen molar-refractivity contribution in [3.63, 3.8) is 0 Å². The van der Waals surface area contributed by atoms with Gasteiger partial charge in [-0.3, -0.25) is 0 Å². The van der Waals surface area contributed by atoms with Gasteiger partial charge in [-0.1, -0.05) is 20.8 Å². The molecule has 0 saturated heterocycles. The SMILES string of the molecule is CCCNc1ncnc(NC(CO)C(C)C)c1C. The zero-order valence-electron chi connectivity index (χ0n) is 11.7. The smallest absolute Gasteiger partial charge is 0.134 e. The summed E-state index contributed by atoms with van der Waals surface area (Å²) in [5.41, 5.74) is 0.991. The van der Waals surface area contributed by atoms with Crippen LogP contribution in [0.2, 0.25) is 0 Å². The summed E-state index contributed by atoms with van der Waals surface area (Å²) in [5, 5.41) is 15.9. The van der Waals surface area contributed by atoms with Crippen LogP contribution in [0.15, 0.2) is 6.33 Å². The van der Waals surface area contributed by atoms with Crippen LogP contribution >= 0.6 is 0 Å². The Hall–Kier alpha value is -1.36. The first-order valence-corrected chi connectivity index (χ1v) is 6.53. The molecule has 1 unspecified atom stereocenters. The first kappa shape index (κ1) is 14.7. The molecule has 0 bridgehead atoms. The molecule has 1 aromatic heterocycles. The largest absolute Gasteiger partial charge is 0.394 e. The van der Waals surface area contributed by atoms with Crippen molar-refractivity contribution in [1.82, 2.24) is 9.97 Å². The van der Waals surface area contributed by atoms with E-state index in [9.17, 15) is 5.11 Å². The summed E-state index contributed by atoms with van der Waals surface area (Å²) in [7, 11) is 0. The molecule has 0 saturated carbocycles. The number of aliphatic hydroxyl groups is 1. The van der Waals surface area contributed by atoms with Gasteiger partial charge >= 0.3 is 0 Å². The first-order chi connectivity index (χ1) is 8.60. The summed E-state index contributed by atoms with van der Waals surface area (Å²) in [5.74, 6) is 1.99. The van der Waals surface area contributed by atoms with Gasteiger partial charge in [0.15, 0.2) is 0 Å². The number of anilines is 2. The molecule has 0 fully saturated rings. The summed E-state index contributed by atoms with van der Waals surface area (Å²) in [6, 6.07) is 0.0117. The van der Waals surface area contributed by atoms with Crippen LogP contribution in [0.1, 0.15) is 32.8 Å². The average molecular weight is 252 g/mol. The number of hydrogen-bond acceptors (Lipinski definition) is 5. The van der Waals surface area contributed by atoms with Crippen molar-refractivity contribution in [3.8, 4) is 0 Å². The highest BCUT2D eigenvalue weighted by Crippen LogP contribution is 2.20. The minimum absolute atomic E-state index is 0.0117. The predicted molar refractivity (Wildman–Crippen MR) is 74.9 cm³/mol. The molecule has 1 rings (SSSR count). The molecule has 3 N–H and O–H groups in total. The lowest BCUT2D eigenvalue weighted by molar-refractivity contribution is 0.249. The Labute approximate surface area is 109 Å². The maximum absolute atomic E-state index is 9.34. The molecule has 0 aliphatic rings. The fraction of sp³-hybridized carbons (Fsp3) is 0.692. The van der Waals surface area contributed by atoms with Crippen LogP contribution in [0.5, 0.6) is 0 Å². The number of nitrogens with one attached hydrogen (secondary N) is 2. The maximum Gasteiger partial charge on any atom is 0.134 e. The van der Waals surface area contributed by atoms with Crippen LogP contribution in [-0.4, -0.2) is 34.3 Å². The Morgan fingerprint density at radius 1 is 1.28 bits per heavy atom. The van der Waals surface area contributed by atoms with E-state index in [0.29, 0.717) is 5.92 Å². The minimum Gasteiger partial charge on any atom is -0.394 e. The normalized spacial score (nSPS) is 12.6. The van der Waals surface area contributed by atoms with E-state index in [4.69, 9.17) is 0 Å². The fourth-order valence-corrected chi connectivity index (χ4v) is 1.62. The second kappa shape index (κ2) is 7.16. The van der Waals surface area contributed by atoms with Crippen LogP contribution in [-0.2, 0) is 0 Å². The third kappa shape index (κ3) is 3.84. The van der Waals surface area contributed by atoms with Gasteiger partial charge < -0.3 is 15.7 Å². The molecule has 0 aliphatic carbocycles. The third-order valence-electron chi connectivity index (χ3n) is 2.95. The van der Waals surface area contributed by atoms with Gasteiger partial charge in [0, 0.05) is 12.1 Å². The number of rotatable bonds is 7. The van der Waals surface area contributed by atoms with Gasteiger partial charge in [-0.15, -0.1) is 0 Å². The molecule has 0 spiro atoms. The average Bonchev–Trinajstić information content (AvgIpc) is 2.35. The van der Waals surface area contributed by atoms with Crippen LogP contribution in [0.3, 0.4) is 0 Å². The van der Waals surface area contributed by atoms with Crippen molar-refractivity contribution in [3.05, 3.63) is 11.9 Å². The number of hydrogen-bond donors (Lipinski definition) is 3. The van der Waals surface area contributed by atoms with Crippen molar-refractivity contribution in [2.45, 2.75) is 40.2 Å².